The molecule has 0 spiro atoms. The predicted octanol–water partition coefficient (Wildman–Crippen LogP) is 7.53. The zero-order chi connectivity index (χ0) is 34.2. The number of alkyl carbamates (subject to hydrolysis) is 1. The highest BCUT2D eigenvalue weighted by Gasteiger charge is 2.41. The van der Waals surface area contributed by atoms with E-state index in [0.717, 1.165) is 75.5 Å². The summed E-state index contributed by atoms with van der Waals surface area (Å²) in [4.78, 5) is 44.6. The third kappa shape index (κ3) is 6.45. The summed E-state index contributed by atoms with van der Waals surface area (Å²) in [5.74, 6) is 1.55. The quantitative estimate of drug-likeness (QED) is 0.136. The number of aromatic nitrogens is 4. The maximum atomic E-state index is 13.8. The molecular formula is C39H45N7O3. The molecule has 1 unspecified atom stereocenters. The number of hydrogen-bond acceptors (Lipinski definition) is 6. The van der Waals surface area contributed by atoms with Crippen molar-refractivity contribution in [2.24, 2.45) is 5.92 Å². The van der Waals surface area contributed by atoms with Gasteiger partial charge in [0.25, 0.3) is 0 Å². The number of carbonyl (C=O) groups is 2. The molecule has 0 aliphatic carbocycles. The van der Waals surface area contributed by atoms with Crippen molar-refractivity contribution in [1.29, 1.82) is 0 Å². The monoisotopic (exact) mass is 659 g/mol. The summed E-state index contributed by atoms with van der Waals surface area (Å²) in [7, 11) is 1.31. The first kappa shape index (κ1) is 32.6. The van der Waals surface area contributed by atoms with E-state index in [-0.39, 0.29) is 23.9 Å². The summed E-state index contributed by atoms with van der Waals surface area (Å²) < 4.78 is 4.80. The first-order valence-corrected chi connectivity index (χ1v) is 17.4. The molecule has 7 rings (SSSR count). The van der Waals surface area contributed by atoms with Gasteiger partial charge in [-0.15, -0.1) is 0 Å². The molecule has 5 aromatic rings. The van der Waals surface area contributed by atoms with Gasteiger partial charge in [-0.2, -0.15) is 0 Å². The Bertz CT molecular complexity index is 1950. The van der Waals surface area contributed by atoms with Crippen LogP contribution in [0.25, 0.3) is 44.5 Å². The normalized spacial score (nSPS) is 21.4. The van der Waals surface area contributed by atoms with Gasteiger partial charge in [0.05, 0.1) is 42.1 Å². The average molecular weight is 660 g/mol. The zero-order valence-corrected chi connectivity index (χ0v) is 28.8. The van der Waals surface area contributed by atoms with Crippen molar-refractivity contribution in [2.45, 2.75) is 83.6 Å². The molecule has 0 saturated carbocycles. The van der Waals surface area contributed by atoms with E-state index in [9.17, 15) is 9.59 Å². The SMILES string of the molecule is COC(=O)NC(C(=O)N1[C@@H](C)CC[C@H]1c1nc2c(-c3ccc(-c4ccc(-c5cnc([C@@H]6CC[C@H](C)N6)[nH]5)cc4)cc3)cccc2[nH]1)C(C)C. The fourth-order valence-electron chi connectivity index (χ4n) is 7.41. The van der Waals surface area contributed by atoms with E-state index < -0.39 is 12.1 Å². The molecule has 10 heteroatoms. The van der Waals surface area contributed by atoms with Crippen LogP contribution in [0, 0.1) is 5.92 Å². The number of rotatable bonds is 8. The molecule has 0 radical (unpaired) electrons. The molecule has 2 aromatic heterocycles. The van der Waals surface area contributed by atoms with Crippen LogP contribution in [0.5, 0.6) is 0 Å². The average Bonchev–Trinajstić information content (AvgIpc) is 3.93. The molecule has 0 bridgehead atoms. The fourth-order valence-corrected chi connectivity index (χ4v) is 7.41. The molecule has 2 aliphatic heterocycles. The van der Waals surface area contributed by atoms with Crippen LogP contribution >= 0.6 is 0 Å². The standard InChI is InChI=1S/C39H45N7O3/c1-22(2)34(45-39(48)49-5)38(47)46-24(4)10-20-33(46)37-42-30-8-6-7-29(35(30)44-37)27-15-11-25(12-16-27)26-13-17-28(18-14-26)32-21-40-36(43-32)31-19-9-23(3)41-31/h6-8,11-18,21-24,31,33-34,41H,9-10,19-20H2,1-5H3,(H,40,43)(H,42,44)(H,45,48)/t23-,24-,31-,33-,34?/m0/s1. The lowest BCUT2D eigenvalue weighted by atomic mass is 9.98. The van der Waals surface area contributed by atoms with Crippen molar-refractivity contribution < 1.29 is 14.3 Å². The molecule has 4 N–H and O–H groups in total. The Morgan fingerprint density at radius 2 is 1.55 bits per heavy atom. The molecular weight excluding hydrogens is 614 g/mol. The van der Waals surface area contributed by atoms with E-state index in [1.165, 1.54) is 13.5 Å². The smallest absolute Gasteiger partial charge is 0.407 e. The Hall–Kier alpha value is -4.96. The Kier molecular flexibility index (Phi) is 8.98. The molecule has 10 nitrogen and oxygen atoms in total. The molecule has 5 atom stereocenters. The topological polar surface area (TPSA) is 128 Å². The van der Waals surface area contributed by atoms with Gasteiger partial charge < -0.3 is 30.2 Å². The minimum absolute atomic E-state index is 0.0163. The first-order valence-electron chi connectivity index (χ1n) is 17.4. The number of benzene rings is 3. The van der Waals surface area contributed by atoms with Crippen molar-refractivity contribution in [1.82, 2.24) is 35.5 Å². The van der Waals surface area contributed by atoms with E-state index in [2.05, 4.69) is 94.0 Å². The van der Waals surface area contributed by atoms with Gasteiger partial charge in [0.1, 0.15) is 17.7 Å². The summed E-state index contributed by atoms with van der Waals surface area (Å²) >= 11 is 0. The van der Waals surface area contributed by atoms with Crippen molar-refractivity contribution in [3.63, 3.8) is 0 Å². The van der Waals surface area contributed by atoms with E-state index in [0.29, 0.717) is 12.1 Å². The summed E-state index contributed by atoms with van der Waals surface area (Å²) in [5.41, 5.74) is 8.31. The highest BCUT2D eigenvalue weighted by atomic mass is 16.5. The molecule has 254 valence electrons. The van der Waals surface area contributed by atoms with Crippen LogP contribution in [0.4, 0.5) is 4.79 Å². The largest absolute Gasteiger partial charge is 0.453 e. The number of imidazole rings is 2. The van der Waals surface area contributed by atoms with Gasteiger partial charge in [0, 0.05) is 17.6 Å². The molecule has 2 amide bonds. The number of amides is 2. The van der Waals surface area contributed by atoms with E-state index in [1.54, 1.807) is 0 Å². The lowest BCUT2D eigenvalue weighted by Crippen LogP contribution is -2.52. The number of carbonyl (C=O) groups excluding carboxylic acids is 2. The zero-order valence-electron chi connectivity index (χ0n) is 28.8. The molecule has 4 heterocycles. The number of hydrogen-bond donors (Lipinski definition) is 4. The third-order valence-electron chi connectivity index (χ3n) is 10.2. The second kappa shape index (κ2) is 13.5. The van der Waals surface area contributed by atoms with Crippen LogP contribution in [0.3, 0.4) is 0 Å². The van der Waals surface area contributed by atoms with Gasteiger partial charge in [-0.25, -0.2) is 14.8 Å². The Morgan fingerprint density at radius 1 is 0.857 bits per heavy atom. The van der Waals surface area contributed by atoms with Crippen LogP contribution in [0.15, 0.2) is 72.9 Å². The van der Waals surface area contributed by atoms with Gasteiger partial charge in [0.2, 0.25) is 5.91 Å². The van der Waals surface area contributed by atoms with Crippen molar-refractivity contribution in [3.8, 4) is 33.5 Å². The molecule has 2 aliphatic rings. The number of H-pyrrole nitrogens is 2. The first-order chi connectivity index (χ1) is 23.7. The highest BCUT2D eigenvalue weighted by Crippen LogP contribution is 2.38. The number of aromatic amines is 2. The summed E-state index contributed by atoms with van der Waals surface area (Å²) in [5, 5.41) is 6.34. The number of likely N-dealkylation sites (tertiary alicyclic amines) is 1. The number of nitrogens with one attached hydrogen (secondary N) is 4. The van der Waals surface area contributed by atoms with Crippen molar-refractivity contribution >= 4 is 23.0 Å². The predicted molar refractivity (Wildman–Crippen MR) is 192 cm³/mol. The Balaban J connectivity index is 1.10. The number of fused-ring (bicyclic) bond motifs is 1. The lowest BCUT2D eigenvalue weighted by molar-refractivity contribution is -0.137. The van der Waals surface area contributed by atoms with Crippen LogP contribution < -0.4 is 10.6 Å². The summed E-state index contributed by atoms with van der Waals surface area (Å²) in [6.45, 7) is 8.12. The number of ether oxygens (including phenoxy) is 1. The Labute approximate surface area is 287 Å². The van der Waals surface area contributed by atoms with E-state index >= 15 is 0 Å². The number of para-hydroxylation sites is 1. The summed E-state index contributed by atoms with van der Waals surface area (Å²) in [6.07, 6.45) is 5.24. The lowest BCUT2D eigenvalue weighted by Gasteiger charge is -2.32. The molecule has 2 saturated heterocycles. The number of methoxy groups -OCH3 is 1. The van der Waals surface area contributed by atoms with Gasteiger partial charge in [-0.05, 0) is 73.8 Å². The highest BCUT2D eigenvalue weighted by molar-refractivity contribution is 5.93. The van der Waals surface area contributed by atoms with Gasteiger partial charge >= 0.3 is 6.09 Å². The molecule has 2 fully saturated rings. The molecule has 3 aromatic carbocycles. The maximum absolute atomic E-state index is 13.8. The fraction of sp³-hybridized carbons (Fsp3) is 0.385. The van der Waals surface area contributed by atoms with Crippen LogP contribution in [-0.2, 0) is 9.53 Å². The second-order valence-corrected chi connectivity index (χ2v) is 13.9. The molecule has 49 heavy (non-hydrogen) atoms. The van der Waals surface area contributed by atoms with Crippen LogP contribution in [0.1, 0.15) is 77.1 Å². The van der Waals surface area contributed by atoms with Gasteiger partial charge in [-0.1, -0.05) is 74.5 Å². The van der Waals surface area contributed by atoms with Crippen molar-refractivity contribution in [2.75, 3.05) is 7.11 Å². The van der Waals surface area contributed by atoms with Gasteiger partial charge in [-0.3, -0.25) is 4.79 Å². The Morgan fingerprint density at radius 3 is 2.20 bits per heavy atom. The van der Waals surface area contributed by atoms with Crippen LogP contribution in [-0.4, -0.2) is 62.1 Å². The van der Waals surface area contributed by atoms with E-state index in [1.807, 2.05) is 37.1 Å². The maximum Gasteiger partial charge on any atom is 0.407 e. The third-order valence-corrected chi connectivity index (χ3v) is 10.2. The summed E-state index contributed by atoms with van der Waals surface area (Å²) in [6, 6.07) is 23.3. The minimum atomic E-state index is -0.688. The second-order valence-electron chi connectivity index (χ2n) is 13.9. The number of nitrogens with zero attached hydrogens (tertiary/aromatic N) is 3. The van der Waals surface area contributed by atoms with Crippen molar-refractivity contribution in [3.05, 3.63) is 84.6 Å². The van der Waals surface area contributed by atoms with E-state index in [4.69, 9.17) is 9.72 Å². The van der Waals surface area contributed by atoms with Gasteiger partial charge in [0.15, 0.2) is 0 Å². The minimum Gasteiger partial charge on any atom is -0.453 e. The van der Waals surface area contributed by atoms with Crippen LogP contribution in [0.2, 0.25) is 0 Å².